The van der Waals surface area contributed by atoms with E-state index >= 15 is 0 Å². The number of unbranched alkanes of at least 4 members (excludes halogenated alkanes) is 2. The van der Waals surface area contributed by atoms with E-state index in [2.05, 4.69) is 15.7 Å². The molecule has 0 atom stereocenters. The van der Waals surface area contributed by atoms with E-state index in [4.69, 9.17) is 4.74 Å². The molecular formula is C25H28N4O4. The highest BCUT2D eigenvalue weighted by Gasteiger charge is 2.21. The minimum atomic E-state index is -0.538. The van der Waals surface area contributed by atoms with Crippen LogP contribution in [0.4, 0.5) is 5.82 Å². The van der Waals surface area contributed by atoms with Gasteiger partial charge in [0.1, 0.15) is 5.56 Å². The Bertz CT molecular complexity index is 1060. The van der Waals surface area contributed by atoms with Gasteiger partial charge >= 0.3 is 5.97 Å². The van der Waals surface area contributed by atoms with Crippen LogP contribution in [0.15, 0.2) is 66.9 Å². The number of carbonyl (C=O) groups is 3. The fourth-order valence-corrected chi connectivity index (χ4v) is 3.27. The zero-order valence-corrected chi connectivity index (χ0v) is 18.6. The molecule has 33 heavy (non-hydrogen) atoms. The smallest absolute Gasteiger partial charge is 0.343 e. The summed E-state index contributed by atoms with van der Waals surface area (Å²) < 4.78 is 6.62. The van der Waals surface area contributed by atoms with E-state index in [-0.39, 0.29) is 30.4 Å². The van der Waals surface area contributed by atoms with E-state index in [1.54, 1.807) is 19.1 Å². The van der Waals surface area contributed by atoms with Crippen LogP contribution in [0.3, 0.4) is 0 Å². The Labute approximate surface area is 193 Å². The Balaban J connectivity index is 1.50. The number of para-hydroxylation sites is 1. The molecule has 3 rings (SSSR count). The van der Waals surface area contributed by atoms with Crippen molar-refractivity contribution in [2.24, 2.45) is 0 Å². The summed E-state index contributed by atoms with van der Waals surface area (Å²) in [6.07, 6.45) is 3.89. The summed E-state index contributed by atoms with van der Waals surface area (Å²) in [5.74, 6) is -0.565. The third kappa shape index (κ3) is 6.77. The van der Waals surface area contributed by atoms with Crippen LogP contribution in [-0.4, -0.2) is 40.7 Å². The van der Waals surface area contributed by atoms with E-state index in [1.807, 2.05) is 48.5 Å². The van der Waals surface area contributed by atoms with Crippen molar-refractivity contribution in [2.45, 2.75) is 32.6 Å². The normalized spacial score (nSPS) is 10.5. The summed E-state index contributed by atoms with van der Waals surface area (Å²) >= 11 is 0. The average Bonchev–Trinajstić information content (AvgIpc) is 3.26. The molecule has 1 aromatic heterocycles. The molecule has 0 aliphatic carbocycles. The van der Waals surface area contributed by atoms with Gasteiger partial charge in [-0.15, -0.1) is 0 Å². The van der Waals surface area contributed by atoms with Gasteiger partial charge in [0.2, 0.25) is 5.91 Å². The SMILES string of the molecule is CCOC(=O)c1cnn(-c2ccccc2)c1NC(=O)CCCCCNC(=O)c1ccccc1. The molecule has 2 amide bonds. The predicted molar refractivity (Wildman–Crippen MR) is 125 cm³/mol. The van der Waals surface area contributed by atoms with Crippen LogP contribution in [0, 0.1) is 0 Å². The fourth-order valence-electron chi connectivity index (χ4n) is 3.27. The van der Waals surface area contributed by atoms with Crippen molar-refractivity contribution in [3.8, 4) is 5.69 Å². The van der Waals surface area contributed by atoms with Crippen LogP contribution in [0.25, 0.3) is 5.69 Å². The maximum Gasteiger partial charge on any atom is 0.343 e. The zero-order chi connectivity index (χ0) is 23.5. The average molecular weight is 449 g/mol. The second kappa shape index (κ2) is 12.2. The molecule has 0 fully saturated rings. The summed E-state index contributed by atoms with van der Waals surface area (Å²) in [6.45, 7) is 2.49. The Kier molecular flexibility index (Phi) is 8.76. The number of aromatic nitrogens is 2. The molecule has 3 aromatic rings. The van der Waals surface area contributed by atoms with E-state index in [0.717, 1.165) is 18.5 Å². The predicted octanol–water partition coefficient (Wildman–Crippen LogP) is 3.98. The van der Waals surface area contributed by atoms with E-state index in [9.17, 15) is 14.4 Å². The van der Waals surface area contributed by atoms with Gasteiger partial charge in [-0.05, 0) is 44.0 Å². The first kappa shape index (κ1) is 23.7. The monoisotopic (exact) mass is 448 g/mol. The summed E-state index contributed by atoms with van der Waals surface area (Å²) in [5.41, 5.74) is 1.56. The molecule has 2 N–H and O–H groups in total. The minimum absolute atomic E-state index is 0.103. The number of amides is 2. The Morgan fingerprint density at radius 3 is 2.33 bits per heavy atom. The van der Waals surface area contributed by atoms with Gasteiger partial charge in [-0.25, -0.2) is 9.48 Å². The van der Waals surface area contributed by atoms with Gasteiger partial charge in [0.15, 0.2) is 5.82 Å². The lowest BCUT2D eigenvalue weighted by molar-refractivity contribution is -0.116. The number of hydrogen-bond acceptors (Lipinski definition) is 5. The molecule has 0 saturated carbocycles. The molecule has 0 radical (unpaired) electrons. The number of nitrogens with one attached hydrogen (secondary N) is 2. The maximum atomic E-state index is 12.6. The first-order valence-corrected chi connectivity index (χ1v) is 11.0. The van der Waals surface area contributed by atoms with Crippen LogP contribution >= 0.6 is 0 Å². The fraction of sp³-hybridized carbons (Fsp3) is 0.280. The highest BCUT2D eigenvalue weighted by Crippen LogP contribution is 2.21. The first-order chi connectivity index (χ1) is 16.1. The number of ether oxygens (including phenoxy) is 1. The second-order valence-corrected chi connectivity index (χ2v) is 7.36. The summed E-state index contributed by atoms with van der Waals surface area (Å²) in [6, 6.07) is 18.3. The molecule has 0 spiro atoms. The largest absolute Gasteiger partial charge is 0.462 e. The number of rotatable bonds is 11. The number of nitrogens with zero attached hydrogens (tertiary/aromatic N) is 2. The van der Waals surface area contributed by atoms with Crippen LogP contribution < -0.4 is 10.6 Å². The molecule has 8 heteroatoms. The van der Waals surface area contributed by atoms with Crippen molar-refractivity contribution in [3.05, 3.63) is 78.0 Å². The number of hydrogen-bond donors (Lipinski definition) is 2. The Morgan fingerprint density at radius 2 is 1.64 bits per heavy atom. The number of anilines is 1. The molecule has 0 bridgehead atoms. The first-order valence-electron chi connectivity index (χ1n) is 11.0. The molecule has 172 valence electrons. The van der Waals surface area contributed by atoms with Crippen LogP contribution in [0.5, 0.6) is 0 Å². The van der Waals surface area contributed by atoms with Crippen LogP contribution in [0.2, 0.25) is 0 Å². The third-order valence-electron chi connectivity index (χ3n) is 4.93. The van der Waals surface area contributed by atoms with Crippen molar-refractivity contribution in [2.75, 3.05) is 18.5 Å². The van der Waals surface area contributed by atoms with Gasteiger partial charge in [0, 0.05) is 18.5 Å². The van der Waals surface area contributed by atoms with Gasteiger partial charge < -0.3 is 15.4 Å². The van der Waals surface area contributed by atoms with Crippen molar-refractivity contribution in [1.82, 2.24) is 15.1 Å². The maximum absolute atomic E-state index is 12.6. The van der Waals surface area contributed by atoms with E-state index < -0.39 is 5.97 Å². The van der Waals surface area contributed by atoms with Crippen molar-refractivity contribution < 1.29 is 19.1 Å². The molecule has 2 aromatic carbocycles. The van der Waals surface area contributed by atoms with Crippen LogP contribution in [-0.2, 0) is 9.53 Å². The van der Waals surface area contributed by atoms with Crippen molar-refractivity contribution >= 4 is 23.6 Å². The van der Waals surface area contributed by atoms with Gasteiger partial charge in [0.25, 0.3) is 5.91 Å². The lowest BCUT2D eigenvalue weighted by Gasteiger charge is -2.11. The van der Waals surface area contributed by atoms with Gasteiger partial charge in [-0.3, -0.25) is 9.59 Å². The standard InChI is InChI=1S/C25H28N4O4/c1-2-33-25(32)21-18-27-29(20-14-8-4-9-15-20)23(21)28-22(30)16-10-5-11-17-26-24(31)19-12-6-3-7-13-19/h3-4,6-9,12-15,18H,2,5,10-11,16-17H2,1H3,(H,26,31)(H,28,30). The summed E-state index contributed by atoms with van der Waals surface area (Å²) in [7, 11) is 0. The molecule has 8 nitrogen and oxygen atoms in total. The van der Waals surface area contributed by atoms with Gasteiger partial charge in [-0.1, -0.05) is 42.8 Å². The Hall–Kier alpha value is -3.94. The molecular weight excluding hydrogens is 420 g/mol. The Morgan fingerprint density at radius 1 is 0.939 bits per heavy atom. The summed E-state index contributed by atoms with van der Waals surface area (Å²) in [5, 5.41) is 9.96. The highest BCUT2D eigenvalue weighted by molar-refractivity contribution is 6.00. The highest BCUT2D eigenvalue weighted by atomic mass is 16.5. The quantitative estimate of drug-likeness (QED) is 0.341. The lowest BCUT2D eigenvalue weighted by atomic mass is 10.1. The zero-order valence-electron chi connectivity index (χ0n) is 18.6. The van der Waals surface area contributed by atoms with Crippen molar-refractivity contribution in [3.63, 3.8) is 0 Å². The van der Waals surface area contributed by atoms with E-state index in [1.165, 1.54) is 10.9 Å². The molecule has 0 unspecified atom stereocenters. The third-order valence-corrected chi connectivity index (χ3v) is 4.93. The number of carbonyl (C=O) groups excluding carboxylic acids is 3. The molecule has 0 saturated heterocycles. The molecule has 1 heterocycles. The molecule has 0 aliphatic rings. The van der Waals surface area contributed by atoms with Gasteiger partial charge in [0.05, 0.1) is 18.5 Å². The number of benzene rings is 2. The van der Waals surface area contributed by atoms with E-state index in [0.29, 0.717) is 24.3 Å². The second-order valence-electron chi connectivity index (χ2n) is 7.36. The summed E-state index contributed by atoms with van der Waals surface area (Å²) in [4.78, 5) is 36.9. The van der Waals surface area contributed by atoms with Crippen LogP contribution in [0.1, 0.15) is 53.3 Å². The van der Waals surface area contributed by atoms with Gasteiger partial charge in [-0.2, -0.15) is 5.10 Å². The minimum Gasteiger partial charge on any atom is -0.462 e. The van der Waals surface area contributed by atoms with Crippen molar-refractivity contribution in [1.29, 1.82) is 0 Å². The lowest BCUT2D eigenvalue weighted by Crippen LogP contribution is -2.24. The number of esters is 1. The molecule has 0 aliphatic heterocycles. The topological polar surface area (TPSA) is 102 Å².